The highest BCUT2D eigenvalue weighted by Gasteiger charge is 2.29. The van der Waals surface area contributed by atoms with E-state index < -0.39 is 23.8 Å². The summed E-state index contributed by atoms with van der Waals surface area (Å²) in [6.07, 6.45) is 2.76. The van der Waals surface area contributed by atoms with E-state index in [-0.39, 0.29) is 35.5 Å². The van der Waals surface area contributed by atoms with Crippen molar-refractivity contribution in [3.05, 3.63) is 87.9 Å². The van der Waals surface area contributed by atoms with Gasteiger partial charge in [-0.25, -0.2) is 14.3 Å². The van der Waals surface area contributed by atoms with Crippen LogP contribution in [-0.4, -0.2) is 50.0 Å². The van der Waals surface area contributed by atoms with Crippen LogP contribution in [-0.2, 0) is 11.2 Å². The van der Waals surface area contributed by atoms with Gasteiger partial charge < -0.3 is 25.8 Å². The Bertz CT molecular complexity index is 1760. The van der Waals surface area contributed by atoms with Crippen molar-refractivity contribution in [2.45, 2.75) is 38.8 Å². The highest BCUT2D eigenvalue weighted by atomic mass is 16.5. The van der Waals surface area contributed by atoms with Gasteiger partial charge in [0.25, 0.3) is 17.7 Å². The van der Waals surface area contributed by atoms with E-state index in [1.807, 2.05) is 0 Å². The average Bonchev–Trinajstić information content (AvgIpc) is 3.59. The summed E-state index contributed by atoms with van der Waals surface area (Å²) in [5, 5.41) is 22.3. The number of carboxylic acids is 1. The number of nitrogens with zero attached hydrogens (tertiary/aromatic N) is 3. The zero-order valence-electron chi connectivity index (χ0n) is 22.2. The van der Waals surface area contributed by atoms with Crippen LogP contribution < -0.4 is 20.7 Å². The second kappa shape index (κ2) is 10.0. The third-order valence-electron chi connectivity index (χ3n) is 7.54. The minimum absolute atomic E-state index is 0.0402. The molecule has 0 saturated heterocycles. The Morgan fingerprint density at radius 1 is 1.15 bits per heavy atom. The number of carbonyl (C=O) groups is 4. The van der Waals surface area contributed by atoms with Gasteiger partial charge in [0, 0.05) is 12.1 Å². The first-order valence-electron chi connectivity index (χ1n) is 13.1. The van der Waals surface area contributed by atoms with Gasteiger partial charge in [0.05, 0.1) is 29.5 Å². The number of carbonyl (C=O) groups excluding carboxylic acids is 3. The first-order chi connectivity index (χ1) is 19.7. The molecule has 1 aliphatic heterocycles. The normalized spacial score (nSPS) is 16.2. The lowest BCUT2D eigenvalue weighted by Gasteiger charge is -2.21. The maximum atomic E-state index is 13.5. The molecule has 3 heterocycles. The number of aromatic carboxylic acids is 1. The van der Waals surface area contributed by atoms with E-state index in [0.717, 1.165) is 16.7 Å². The molecular formula is C29H26N6O6. The predicted octanol–water partition coefficient (Wildman–Crippen LogP) is 2.98. The molecule has 0 radical (unpaired) electrons. The smallest absolute Gasteiger partial charge is 0.335 e. The van der Waals surface area contributed by atoms with Gasteiger partial charge in [-0.1, -0.05) is 12.1 Å². The van der Waals surface area contributed by atoms with Gasteiger partial charge in [-0.3, -0.25) is 14.4 Å². The molecule has 6 rings (SSSR count). The molecule has 2 aromatic heterocycles. The molecule has 2 atom stereocenters. The molecule has 1 aliphatic carbocycles. The lowest BCUT2D eigenvalue weighted by atomic mass is 9.98. The fraction of sp³-hybridized carbons (Fsp3) is 0.241. The molecule has 4 N–H and O–H groups in total. The number of hydrogen-bond donors (Lipinski definition) is 4. The summed E-state index contributed by atoms with van der Waals surface area (Å²) < 4.78 is 6.77. The highest BCUT2D eigenvalue weighted by molar-refractivity contribution is 5.99. The van der Waals surface area contributed by atoms with Crippen LogP contribution in [0.25, 0.3) is 5.65 Å². The van der Waals surface area contributed by atoms with Gasteiger partial charge in [-0.15, -0.1) is 0 Å². The van der Waals surface area contributed by atoms with Crippen LogP contribution in [0.15, 0.2) is 48.7 Å². The Hall–Kier alpha value is -5.26. The van der Waals surface area contributed by atoms with Gasteiger partial charge in [0.1, 0.15) is 17.1 Å². The van der Waals surface area contributed by atoms with E-state index >= 15 is 0 Å². The van der Waals surface area contributed by atoms with Crippen molar-refractivity contribution in [1.82, 2.24) is 25.2 Å². The Labute approximate surface area is 233 Å². The summed E-state index contributed by atoms with van der Waals surface area (Å²) in [7, 11) is 0. The first-order valence-corrected chi connectivity index (χ1v) is 13.1. The van der Waals surface area contributed by atoms with E-state index in [1.165, 1.54) is 16.8 Å². The largest absolute Gasteiger partial charge is 0.482 e. The molecular weight excluding hydrogens is 528 g/mol. The molecule has 2 aliphatic rings. The molecule has 12 nitrogen and oxygen atoms in total. The number of amides is 3. The van der Waals surface area contributed by atoms with Gasteiger partial charge in [-0.2, -0.15) is 5.10 Å². The number of hydrogen-bond acceptors (Lipinski definition) is 7. The highest BCUT2D eigenvalue weighted by Crippen LogP contribution is 2.35. The van der Waals surface area contributed by atoms with Crippen LogP contribution in [0.5, 0.6) is 5.75 Å². The maximum absolute atomic E-state index is 13.5. The monoisotopic (exact) mass is 554 g/mol. The van der Waals surface area contributed by atoms with Crippen molar-refractivity contribution in [3.63, 3.8) is 0 Å². The van der Waals surface area contributed by atoms with E-state index in [4.69, 9.17) is 4.74 Å². The second-order valence-corrected chi connectivity index (χ2v) is 10.1. The average molecular weight is 555 g/mol. The number of ether oxygens (including phenoxy) is 1. The summed E-state index contributed by atoms with van der Waals surface area (Å²) in [6, 6.07) is 10.8. The van der Waals surface area contributed by atoms with E-state index in [9.17, 15) is 24.3 Å². The third-order valence-corrected chi connectivity index (χ3v) is 7.54. The predicted molar refractivity (Wildman–Crippen MR) is 146 cm³/mol. The summed E-state index contributed by atoms with van der Waals surface area (Å²) in [6.45, 7) is 3.53. The van der Waals surface area contributed by atoms with Crippen molar-refractivity contribution in [2.24, 2.45) is 0 Å². The summed E-state index contributed by atoms with van der Waals surface area (Å²) >= 11 is 0. The van der Waals surface area contributed by atoms with Crippen LogP contribution in [0.3, 0.4) is 0 Å². The molecule has 4 aromatic rings. The minimum Gasteiger partial charge on any atom is -0.482 e. The summed E-state index contributed by atoms with van der Waals surface area (Å²) in [4.78, 5) is 54.4. The standard InChI is InChI=1S/C29H26N6O6/c1-14-17-6-7-20(19(17)5-4-18(14)29(39)40)34-28(38)23-12-22(32-25-9-10-30-35(23)25)27(37)31-15(2)16-3-8-24-21(11-16)33-26(36)13-41-24/h3-5,8-12,15,20H,6-7,13H2,1-2H3,(H,31,37)(H,33,36)(H,34,38)(H,39,40)/t15?,20-/m0/s1. The molecule has 0 saturated carbocycles. The molecule has 41 heavy (non-hydrogen) atoms. The Morgan fingerprint density at radius 2 is 1.98 bits per heavy atom. The SMILES string of the molecule is Cc1c(C(=O)O)ccc2c1CC[C@@H]2NC(=O)c1cc(C(=O)NC(C)c2ccc3c(c2)NC(=O)CO3)nc2ccnn12. The van der Waals surface area contributed by atoms with Crippen LogP contribution in [0.2, 0.25) is 0 Å². The number of rotatable bonds is 6. The molecule has 12 heteroatoms. The fourth-order valence-corrected chi connectivity index (χ4v) is 5.41. The van der Waals surface area contributed by atoms with Gasteiger partial charge in [0.15, 0.2) is 12.3 Å². The first kappa shape index (κ1) is 26.0. The van der Waals surface area contributed by atoms with Gasteiger partial charge >= 0.3 is 5.97 Å². The van der Waals surface area contributed by atoms with E-state index in [2.05, 4.69) is 26.0 Å². The molecule has 0 spiro atoms. The van der Waals surface area contributed by atoms with Gasteiger partial charge in [-0.05, 0) is 67.1 Å². The van der Waals surface area contributed by atoms with E-state index in [0.29, 0.717) is 35.5 Å². The molecule has 2 aromatic carbocycles. The van der Waals surface area contributed by atoms with E-state index in [1.54, 1.807) is 50.2 Å². The lowest BCUT2D eigenvalue weighted by Crippen LogP contribution is -2.31. The quantitative estimate of drug-likeness (QED) is 0.283. The molecule has 0 fully saturated rings. The zero-order valence-corrected chi connectivity index (χ0v) is 22.2. The van der Waals surface area contributed by atoms with Gasteiger partial charge in [0.2, 0.25) is 0 Å². The molecule has 208 valence electrons. The van der Waals surface area contributed by atoms with Crippen molar-refractivity contribution in [3.8, 4) is 5.75 Å². The number of benzene rings is 2. The van der Waals surface area contributed by atoms with Crippen molar-refractivity contribution in [2.75, 3.05) is 11.9 Å². The Morgan fingerprint density at radius 3 is 2.78 bits per heavy atom. The zero-order chi connectivity index (χ0) is 28.8. The number of nitrogens with one attached hydrogen (secondary N) is 3. The third kappa shape index (κ3) is 4.73. The maximum Gasteiger partial charge on any atom is 0.335 e. The van der Waals surface area contributed by atoms with Crippen LogP contribution in [0.1, 0.15) is 79.0 Å². The number of aromatic nitrogens is 3. The second-order valence-electron chi connectivity index (χ2n) is 10.1. The number of fused-ring (bicyclic) bond motifs is 3. The van der Waals surface area contributed by atoms with Crippen molar-refractivity contribution >= 4 is 35.0 Å². The molecule has 0 bridgehead atoms. The lowest BCUT2D eigenvalue weighted by molar-refractivity contribution is -0.118. The molecule has 1 unspecified atom stereocenters. The summed E-state index contributed by atoms with van der Waals surface area (Å²) in [5.74, 6) is -1.61. The van der Waals surface area contributed by atoms with Crippen LogP contribution in [0, 0.1) is 6.92 Å². The summed E-state index contributed by atoms with van der Waals surface area (Å²) in [5.41, 5.74) is 4.54. The molecule has 3 amide bonds. The van der Waals surface area contributed by atoms with Crippen LogP contribution in [0.4, 0.5) is 5.69 Å². The van der Waals surface area contributed by atoms with Crippen molar-refractivity contribution < 1.29 is 29.0 Å². The number of anilines is 1. The van der Waals surface area contributed by atoms with Crippen molar-refractivity contribution in [1.29, 1.82) is 0 Å². The van der Waals surface area contributed by atoms with Crippen LogP contribution >= 0.6 is 0 Å². The Balaban J connectivity index is 1.23. The topological polar surface area (TPSA) is 164 Å². The Kier molecular flexibility index (Phi) is 6.37. The minimum atomic E-state index is -0.983. The number of carboxylic acid groups (broad SMARTS) is 1. The fourth-order valence-electron chi connectivity index (χ4n) is 5.41.